The molecule has 1 aromatic carbocycles. The fourth-order valence-electron chi connectivity index (χ4n) is 3.19. The molecular formula is C16H18N6O. The molecular weight excluding hydrogens is 292 g/mol. The topological polar surface area (TPSA) is 79.7 Å². The molecule has 0 bridgehead atoms. The monoisotopic (exact) mass is 310 g/mol. The number of nitrogens with zero attached hydrogens (tertiary/aromatic N) is 5. The molecule has 2 aromatic heterocycles. The Morgan fingerprint density at radius 3 is 3.13 bits per heavy atom. The lowest BCUT2D eigenvalue weighted by Crippen LogP contribution is -2.36. The predicted molar refractivity (Wildman–Crippen MR) is 84.6 cm³/mol. The minimum absolute atomic E-state index is 0.146. The van der Waals surface area contributed by atoms with E-state index in [0.717, 1.165) is 18.5 Å². The minimum atomic E-state index is 0.146. The van der Waals surface area contributed by atoms with Crippen molar-refractivity contribution < 1.29 is 4.79 Å². The summed E-state index contributed by atoms with van der Waals surface area (Å²) < 4.78 is 1.59. The average Bonchev–Trinajstić information content (AvgIpc) is 3.19. The second-order valence-electron chi connectivity index (χ2n) is 6.02. The molecule has 0 spiro atoms. The molecule has 1 N–H and O–H groups in total. The largest absolute Gasteiger partial charge is 0.358 e. The second kappa shape index (κ2) is 5.49. The van der Waals surface area contributed by atoms with Gasteiger partial charge < -0.3 is 9.88 Å². The molecule has 1 aliphatic rings. The van der Waals surface area contributed by atoms with Gasteiger partial charge in [0.1, 0.15) is 6.33 Å². The predicted octanol–water partition coefficient (Wildman–Crippen LogP) is 1.44. The third-order valence-corrected chi connectivity index (χ3v) is 4.43. The molecule has 0 aliphatic carbocycles. The molecule has 1 amide bonds. The summed E-state index contributed by atoms with van der Waals surface area (Å²) in [7, 11) is 0. The van der Waals surface area contributed by atoms with Crippen LogP contribution in [0.1, 0.15) is 23.2 Å². The minimum Gasteiger partial charge on any atom is -0.358 e. The maximum atomic E-state index is 12.5. The first-order chi connectivity index (χ1) is 11.2. The lowest BCUT2D eigenvalue weighted by molar-refractivity contribution is -0.132. The number of nitrogens with one attached hydrogen (secondary N) is 1. The number of rotatable bonds is 3. The van der Waals surface area contributed by atoms with E-state index in [-0.39, 0.29) is 5.91 Å². The summed E-state index contributed by atoms with van der Waals surface area (Å²) >= 11 is 0. The molecule has 7 heteroatoms. The van der Waals surface area contributed by atoms with Gasteiger partial charge in [0.05, 0.1) is 6.54 Å². The van der Waals surface area contributed by atoms with Gasteiger partial charge in [-0.05, 0) is 29.5 Å². The Morgan fingerprint density at radius 1 is 1.39 bits per heavy atom. The lowest BCUT2D eigenvalue weighted by Gasteiger charge is -2.27. The molecule has 0 radical (unpaired) electrons. The van der Waals surface area contributed by atoms with Gasteiger partial charge >= 0.3 is 0 Å². The number of tetrazole rings is 1. The molecule has 0 atom stereocenters. The van der Waals surface area contributed by atoms with Crippen molar-refractivity contribution in [3.8, 4) is 0 Å². The third kappa shape index (κ3) is 2.58. The van der Waals surface area contributed by atoms with E-state index in [0.29, 0.717) is 19.5 Å². The van der Waals surface area contributed by atoms with Crippen LogP contribution in [0.3, 0.4) is 0 Å². The van der Waals surface area contributed by atoms with Crippen LogP contribution >= 0.6 is 0 Å². The summed E-state index contributed by atoms with van der Waals surface area (Å²) in [6.45, 7) is 4.04. The first-order valence-corrected chi connectivity index (χ1v) is 7.79. The van der Waals surface area contributed by atoms with E-state index in [4.69, 9.17) is 0 Å². The van der Waals surface area contributed by atoms with Crippen molar-refractivity contribution >= 4 is 16.8 Å². The van der Waals surface area contributed by atoms with Gasteiger partial charge in [0, 0.05) is 48.1 Å². The number of aromatic nitrogens is 5. The maximum Gasteiger partial charge on any atom is 0.224 e. The van der Waals surface area contributed by atoms with Crippen molar-refractivity contribution in [2.45, 2.75) is 32.9 Å². The molecule has 118 valence electrons. The van der Waals surface area contributed by atoms with E-state index in [1.807, 2.05) is 4.90 Å². The van der Waals surface area contributed by atoms with Gasteiger partial charge in [-0.25, -0.2) is 4.68 Å². The number of benzene rings is 1. The van der Waals surface area contributed by atoms with Crippen molar-refractivity contribution in [3.63, 3.8) is 0 Å². The molecule has 0 saturated carbocycles. The number of aromatic amines is 1. The standard InChI is InChI=1S/C16H18N6O/c1-11-2-3-14-12(8-11)13-9-21(6-4-15(13)18-14)16(23)5-7-22-10-17-19-20-22/h2-3,8,10,18H,4-7,9H2,1H3. The Bertz CT molecular complexity index is 851. The number of carbonyl (C=O) groups is 1. The van der Waals surface area contributed by atoms with Crippen LogP contribution in [0, 0.1) is 6.92 Å². The maximum absolute atomic E-state index is 12.5. The fraction of sp³-hybridized carbons (Fsp3) is 0.375. The average molecular weight is 310 g/mol. The molecule has 1 aliphatic heterocycles. The normalized spacial score (nSPS) is 14.2. The SMILES string of the molecule is Cc1ccc2[nH]c3c(c2c1)CN(C(=O)CCn1cnnn1)CC3. The van der Waals surface area contributed by atoms with E-state index >= 15 is 0 Å². The zero-order chi connectivity index (χ0) is 15.8. The summed E-state index contributed by atoms with van der Waals surface area (Å²) in [5.74, 6) is 0.146. The zero-order valence-electron chi connectivity index (χ0n) is 13.0. The number of hydrogen-bond acceptors (Lipinski definition) is 4. The Labute approximate surface area is 133 Å². The van der Waals surface area contributed by atoms with Crippen LogP contribution < -0.4 is 0 Å². The number of fused-ring (bicyclic) bond motifs is 3. The van der Waals surface area contributed by atoms with Crippen molar-refractivity contribution in [2.24, 2.45) is 0 Å². The van der Waals surface area contributed by atoms with Crippen LogP contribution in [0.2, 0.25) is 0 Å². The smallest absolute Gasteiger partial charge is 0.224 e. The molecule has 0 fully saturated rings. The molecule has 7 nitrogen and oxygen atoms in total. The Kier molecular flexibility index (Phi) is 3.33. The lowest BCUT2D eigenvalue weighted by atomic mass is 10.0. The molecule has 0 unspecified atom stereocenters. The van der Waals surface area contributed by atoms with E-state index < -0.39 is 0 Å². The summed E-state index contributed by atoms with van der Waals surface area (Å²) in [5, 5.41) is 12.2. The number of H-pyrrole nitrogens is 1. The summed E-state index contributed by atoms with van der Waals surface area (Å²) in [6, 6.07) is 6.42. The van der Waals surface area contributed by atoms with E-state index in [1.54, 1.807) is 4.68 Å². The summed E-state index contributed by atoms with van der Waals surface area (Å²) in [4.78, 5) is 17.9. The zero-order valence-corrected chi connectivity index (χ0v) is 13.0. The number of aryl methyl sites for hydroxylation is 2. The Balaban J connectivity index is 1.52. The van der Waals surface area contributed by atoms with Crippen molar-refractivity contribution in [3.05, 3.63) is 41.3 Å². The quantitative estimate of drug-likeness (QED) is 0.794. The van der Waals surface area contributed by atoms with Crippen LogP contribution in [0.15, 0.2) is 24.5 Å². The number of carbonyl (C=O) groups excluding carboxylic acids is 1. The highest BCUT2D eigenvalue weighted by Gasteiger charge is 2.23. The van der Waals surface area contributed by atoms with Gasteiger partial charge in [0.15, 0.2) is 0 Å². The van der Waals surface area contributed by atoms with Crippen LogP contribution in [0.25, 0.3) is 10.9 Å². The van der Waals surface area contributed by atoms with Gasteiger partial charge in [0.25, 0.3) is 0 Å². The van der Waals surface area contributed by atoms with Gasteiger partial charge in [-0.2, -0.15) is 0 Å². The fourth-order valence-corrected chi connectivity index (χ4v) is 3.19. The van der Waals surface area contributed by atoms with Crippen molar-refractivity contribution in [2.75, 3.05) is 6.54 Å². The van der Waals surface area contributed by atoms with Crippen LogP contribution in [0.4, 0.5) is 0 Å². The molecule has 0 saturated heterocycles. The van der Waals surface area contributed by atoms with Crippen LogP contribution in [-0.4, -0.2) is 42.5 Å². The highest BCUT2D eigenvalue weighted by molar-refractivity contribution is 5.86. The highest BCUT2D eigenvalue weighted by atomic mass is 16.2. The molecule has 4 rings (SSSR count). The highest BCUT2D eigenvalue weighted by Crippen LogP contribution is 2.28. The van der Waals surface area contributed by atoms with E-state index in [1.165, 1.54) is 28.5 Å². The van der Waals surface area contributed by atoms with E-state index in [2.05, 4.69) is 45.6 Å². The van der Waals surface area contributed by atoms with Gasteiger partial charge in [-0.15, -0.1) is 5.10 Å². The van der Waals surface area contributed by atoms with Crippen LogP contribution in [-0.2, 0) is 24.3 Å². The molecule has 3 heterocycles. The van der Waals surface area contributed by atoms with Gasteiger partial charge in [-0.3, -0.25) is 4.79 Å². The van der Waals surface area contributed by atoms with Crippen molar-refractivity contribution in [1.29, 1.82) is 0 Å². The molecule has 3 aromatic rings. The molecule has 23 heavy (non-hydrogen) atoms. The second-order valence-corrected chi connectivity index (χ2v) is 6.02. The van der Waals surface area contributed by atoms with Gasteiger partial charge in [0.2, 0.25) is 5.91 Å². The van der Waals surface area contributed by atoms with Gasteiger partial charge in [-0.1, -0.05) is 11.6 Å². The Hall–Kier alpha value is -2.70. The first-order valence-electron chi connectivity index (χ1n) is 7.79. The van der Waals surface area contributed by atoms with Crippen molar-refractivity contribution in [1.82, 2.24) is 30.1 Å². The first kappa shape index (κ1) is 13.9. The number of amides is 1. The number of hydrogen-bond donors (Lipinski definition) is 1. The summed E-state index contributed by atoms with van der Waals surface area (Å²) in [5.41, 5.74) is 4.91. The van der Waals surface area contributed by atoms with Crippen LogP contribution in [0.5, 0.6) is 0 Å². The van der Waals surface area contributed by atoms with E-state index in [9.17, 15) is 4.79 Å². The Morgan fingerprint density at radius 2 is 2.30 bits per heavy atom. The third-order valence-electron chi connectivity index (χ3n) is 4.43. The summed E-state index contributed by atoms with van der Waals surface area (Å²) in [6.07, 6.45) is 2.82.